The third-order valence-electron chi connectivity index (χ3n) is 5.29. The molecule has 0 fully saturated rings. The van der Waals surface area contributed by atoms with E-state index >= 15 is 0 Å². The molecule has 2 aromatic carbocycles. The zero-order chi connectivity index (χ0) is 23.0. The van der Waals surface area contributed by atoms with E-state index < -0.39 is 0 Å². The van der Waals surface area contributed by atoms with Gasteiger partial charge in [0.15, 0.2) is 0 Å². The Morgan fingerprint density at radius 2 is 1.73 bits per heavy atom. The highest BCUT2D eigenvalue weighted by Crippen LogP contribution is 2.21. The molecule has 0 unspecified atom stereocenters. The van der Waals surface area contributed by atoms with Gasteiger partial charge in [0, 0.05) is 30.6 Å². The van der Waals surface area contributed by atoms with Crippen LogP contribution in [0.2, 0.25) is 0 Å². The highest BCUT2D eigenvalue weighted by Gasteiger charge is 2.18. The summed E-state index contributed by atoms with van der Waals surface area (Å²) in [6.07, 6.45) is 5.87. The minimum atomic E-state index is -0.282. The molecule has 0 saturated carbocycles. The van der Waals surface area contributed by atoms with Crippen molar-refractivity contribution in [3.05, 3.63) is 102 Å². The van der Waals surface area contributed by atoms with Crippen molar-refractivity contribution in [3.8, 4) is 11.1 Å². The van der Waals surface area contributed by atoms with E-state index in [4.69, 9.17) is 10.5 Å². The van der Waals surface area contributed by atoms with Crippen molar-refractivity contribution in [1.82, 2.24) is 20.1 Å². The molecular formula is C26H27N5O2. The number of anilines is 1. The van der Waals surface area contributed by atoms with Gasteiger partial charge in [0.1, 0.15) is 5.82 Å². The van der Waals surface area contributed by atoms with Crippen LogP contribution < -0.4 is 11.1 Å². The van der Waals surface area contributed by atoms with Crippen molar-refractivity contribution >= 4 is 11.7 Å². The molecule has 4 aromatic rings. The number of amides is 1. The summed E-state index contributed by atoms with van der Waals surface area (Å²) in [6, 6.07) is 21.5. The highest BCUT2D eigenvalue weighted by molar-refractivity contribution is 5.99. The normalized spacial score (nSPS) is 11.8. The molecule has 0 aliphatic carbocycles. The number of ether oxygens (including phenoxy) is 1. The molecule has 2 aromatic heterocycles. The summed E-state index contributed by atoms with van der Waals surface area (Å²) in [7, 11) is 1.84. The predicted octanol–water partition coefficient (Wildman–Crippen LogP) is 3.62. The maximum atomic E-state index is 13.2. The van der Waals surface area contributed by atoms with E-state index in [1.165, 1.54) is 0 Å². The third-order valence-corrected chi connectivity index (χ3v) is 5.29. The molecule has 2 heterocycles. The molecule has 168 valence electrons. The molecule has 3 N–H and O–H groups in total. The Bertz CT molecular complexity index is 1190. The molecule has 4 rings (SSSR count). The number of carbonyl (C=O) groups excluding carboxylic acids is 1. The summed E-state index contributed by atoms with van der Waals surface area (Å²) < 4.78 is 7.64. The summed E-state index contributed by atoms with van der Waals surface area (Å²) in [5, 5.41) is 7.27. The first-order chi connectivity index (χ1) is 16.1. The van der Waals surface area contributed by atoms with Crippen molar-refractivity contribution < 1.29 is 9.53 Å². The van der Waals surface area contributed by atoms with Gasteiger partial charge in [-0.05, 0) is 23.6 Å². The van der Waals surface area contributed by atoms with Gasteiger partial charge in [0.2, 0.25) is 0 Å². The van der Waals surface area contributed by atoms with Crippen LogP contribution in [0.1, 0.15) is 21.5 Å². The molecule has 0 aliphatic rings. The van der Waals surface area contributed by atoms with Crippen molar-refractivity contribution in [2.75, 3.05) is 12.3 Å². The maximum Gasteiger partial charge on any atom is 0.255 e. The lowest BCUT2D eigenvalue weighted by atomic mass is 10.0. The van der Waals surface area contributed by atoms with Crippen LogP contribution in [0.25, 0.3) is 11.1 Å². The summed E-state index contributed by atoms with van der Waals surface area (Å²) in [5.74, 6) is -0.0983. The van der Waals surface area contributed by atoms with Crippen LogP contribution in [-0.2, 0) is 24.8 Å². The van der Waals surface area contributed by atoms with Crippen LogP contribution in [0.5, 0.6) is 0 Å². The maximum absolute atomic E-state index is 13.2. The number of nitrogens with two attached hydrogens (primary N) is 1. The lowest BCUT2D eigenvalue weighted by Gasteiger charge is -2.20. The van der Waals surface area contributed by atoms with E-state index in [9.17, 15) is 4.79 Å². The fourth-order valence-electron chi connectivity index (χ4n) is 3.59. The van der Waals surface area contributed by atoms with Crippen LogP contribution >= 0.6 is 0 Å². The van der Waals surface area contributed by atoms with Crippen molar-refractivity contribution in [2.24, 2.45) is 7.05 Å². The van der Waals surface area contributed by atoms with Gasteiger partial charge < -0.3 is 15.8 Å². The topological polar surface area (TPSA) is 95.1 Å². The number of nitrogens with zero attached hydrogens (tertiary/aromatic N) is 3. The zero-order valence-corrected chi connectivity index (χ0v) is 18.5. The number of nitrogens with one attached hydrogen (secondary N) is 1. The summed E-state index contributed by atoms with van der Waals surface area (Å²) in [6.45, 7) is 0.841. The van der Waals surface area contributed by atoms with Crippen molar-refractivity contribution in [3.63, 3.8) is 0 Å². The molecule has 7 nitrogen and oxygen atoms in total. The molecule has 33 heavy (non-hydrogen) atoms. The van der Waals surface area contributed by atoms with Crippen LogP contribution in [-0.4, -0.2) is 33.3 Å². The number of benzene rings is 2. The molecule has 0 radical (unpaired) electrons. The minimum Gasteiger partial charge on any atom is -0.383 e. The Morgan fingerprint density at radius 1 is 1.03 bits per heavy atom. The molecule has 1 atom stereocenters. The van der Waals surface area contributed by atoms with Gasteiger partial charge in [-0.25, -0.2) is 4.98 Å². The van der Waals surface area contributed by atoms with Gasteiger partial charge in [-0.15, -0.1) is 0 Å². The Labute approximate surface area is 193 Å². The Kier molecular flexibility index (Phi) is 7.12. The standard InChI is InChI=1S/C26H27N5O2/c1-31-16-22(15-29-31)21-13-24(25(27)28-14-21)26(32)30-23(12-19-8-4-2-5-9-19)18-33-17-20-10-6-3-7-11-20/h2-11,13-16,23H,12,17-18H2,1H3,(H2,27,28)(H,30,32)/t23-/m1/s1. The highest BCUT2D eigenvalue weighted by atomic mass is 16.5. The van der Waals surface area contributed by atoms with Gasteiger partial charge in [-0.1, -0.05) is 60.7 Å². The largest absolute Gasteiger partial charge is 0.383 e. The molecule has 1 amide bonds. The number of hydrogen-bond donors (Lipinski definition) is 2. The van der Waals surface area contributed by atoms with Crippen LogP contribution in [0.3, 0.4) is 0 Å². The smallest absolute Gasteiger partial charge is 0.255 e. The van der Waals surface area contributed by atoms with E-state index in [1.54, 1.807) is 23.1 Å². The summed E-state index contributed by atoms with van der Waals surface area (Å²) >= 11 is 0. The van der Waals surface area contributed by atoms with E-state index in [0.29, 0.717) is 25.2 Å². The monoisotopic (exact) mass is 441 g/mol. The number of pyridine rings is 1. The fourth-order valence-corrected chi connectivity index (χ4v) is 3.59. The number of hydrogen-bond acceptors (Lipinski definition) is 5. The fraction of sp³-hybridized carbons (Fsp3) is 0.192. The summed E-state index contributed by atoms with van der Waals surface area (Å²) in [5.41, 5.74) is 10.2. The average molecular weight is 442 g/mol. The Hall–Kier alpha value is -3.97. The van der Waals surface area contributed by atoms with E-state index in [-0.39, 0.29) is 17.8 Å². The Morgan fingerprint density at radius 3 is 2.39 bits per heavy atom. The van der Waals surface area contributed by atoms with Gasteiger partial charge in [0.05, 0.1) is 31.0 Å². The van der Waals surface area contributed by atoms with E-state index in [0.717, 1.165) is 22.3 Å². The first-order valence-electron chi connectivity index (χ1n) is 10.8. The minimum absolute atomic E-state index is 0.184. The second kappa shape index (κ2) is 10.6. The SMILES string of the molecule is Cn1cc(-c2cnc(N)c(C(=O)N[C@@H](COCc3ccccc3)Cc3ccccc3)c2)cn1. The second-order valence-corrected chi connectivity index (χ2v) is 7.92. The van der Waals surface area contributed by atoms with Gasteiger partial charge in [-0.2, -0.15) is 5.10 Å². The first kappa shape index (κ1) is 22.2. The van der Waals surface area contributed by atoms with E-state index in [1.807, 2.05) is 73.9 Å². The number of nitrogen functional groups attached to an aromatic ring is 1. The molecule has 0 bridgehead atoms. The van der Waals surface area contributed by atoms with Crippen LogP contribution in [0.15, 0.2) is 85.3 Å². The van der Waals surface area contributed by atoms with E-state index in [2.05, 4.69) is 15.4 Å². The number of rotatable bonds is 9. The first-order valence-corrected chi connectivity index (χ1v) is 10.8. The van der Waals surface area contributed by atoms with Crippen LogP contribution in [0, 0.1) is 0 Å². The molecule has 0 aliphatic heterocycles. The van der Waals surface area contributed by atoms with Gasteiger partial charge in [0.25, 0.3) is 5.91 Å². The van der Waals surface area contributed by atoms with Crippen molar-refractivity contribution in [1.29, 1.82) is 0 Å². The molecule has 7 heteroatoms. The second-order valence-electron chi connectivity index (χ2n) is 7.92. The molecule has 0 saturated heterocycles. The van der Waals surface area contributed by atoms with Gasteiger partial charge >= 0.3 is 0 Å². The lowest BCUT2D eigenvalue weighted by Crippen LogP contribution is -2.40. The van der Waals surface area contributed by atoms with Crippen molar-refractivity contribution in [2.45, 2.75) is 19.1 Å². The quantitative estimate of drug-likeness (QED) is 0.414. The number of aromatic nitrogens is 3. The number of aryl methyl sites for hydroxylation is 1. The van der Waals surface area contributed by atoms with Gasteiger partial charge in [-0.3, -0.25) is 9.48 Å². The van der Waals surface area contributed by atoms with Crippen LogP contribution in [0.4, 0.5) is 5.82 Å². The molecule has 0 spiro atoms. The Balaban J connectivity index is 1.49. The lowest BCUT2D eigenvalue weighted by molar-refractivity contribution is 0.0798. The average Bonchev–Trinajstić information content (AvgIpc) is 3.27. The molecular weight excluding hydrogens is 414 g/mol. The predicted molar refractivity (Wildman–Crippen MR) is 128 cm³/mol. The zero-order valence-electron chi connectivity index (χ0n) is 18.5. The third kappa shape index (κ3) is 6.05. The summed E-state index contributed by atoms with van der Waals surface area (Å²) in [4.78, 5) is 17.4. The number of carbonyl (C=O) groups is 1.